The SMILES string of the molecule is CCCNS(=O)(=O)c1ccc(NC(=O)[C@@H]2C[C@H]3C=C[C@@H]2C3)cc1. The number of carbonyl (C=O) groups excluding carboxylic acids is 1. The fourth-order valence-corrected chi connectivity index (χ4v) is 4.49. The van der Waals surface area contributed by atoms with Crippen LogP contribution < -0.4 is 10.0 Å². The average molecular weight is 334 g/mol. The average Bonchev–Trinajstić information content (AvgIpc) is 3.16. The molecule has 2 aliphatic carbocycles. The zero-order valence-electron chi connectivity index (χ0n) is 13.2. The molecule has 0 saturated heterocycles. The molecule has 0 aromatic heterocycles. The highest BCUT2D eigenvalue weighted by molar-refractivity contribution is 7.89. The largest absolute Gasteiger partial charge is 0.326 e. The molecule has 2 N–H and O–H groups in total. The van der Waals surface area contributed by atoms with Gasteiger partial charge < -0.3 is 5.32 Å². The molecule has 3 atom stereocenters. The molecule has 0 aliphatic heterocycles. The number of fused-ring (bicyclic) bond motifs is 2. The van der Waals surface area contributed by atoms with Crippen LogP contribution in [0, 0.1) is 17.8 Å². The van der Waals surface area contributed by atoms with E-state index >= 15 is 0 Å². The molecule has 0 unspecified atom stereocenters. The quantitative estimate of drug-likeness (QED) is 0.785. The number of allylic oxidation sites excluding steroid dienone is 2. The molecule has 2 aliphatic rings. The number of amides is 1. The fourth-order valence-electron chi connectivity index (χ4n) is 3.35. The van der Waals surface area contributed by atoms with Gasteiger partial charge in [-0.25, -0.2) is 13.1 Å². The Morgan fingerprint density at radius 1 is 1.17 bits per heavy atom. The number of anilines is 1. The van der Waals surface area contributed by atoms with E-state index in [-0.39, 0.29) is 16.7 Å². The van der Waals surface area contributed by atoms with Gasteiger partial charge in [-0.1, -0.05) is 19.1 Å². The highest BCUT2D eigenvalue weighted by atomic mass is 32.2. The van der Waals surface area contributed by atoms with Crippen LogP contribution in [0.5, 0.6) is 0 Å². The van der Waals surface area contributed by atoms with Crippen LogP contribution in [0.2, 0.25) is 0 Å². The summed E-state index contributed by atoms with van der Waals surface area (Å²) in [5, 5.41) is 2.90. The lowest BCUT2D eigenvalue weighted by Gasteiger charge is -2.17. The van der Waals surface area contributed by atoms with E-state index in [1.165, 1.54) is 12.1 Å². The van der Waals surface area contributed by atoms with Gasteiger partial charge in [0, 0.05) is 18.2 Å². The van der Waals surface area contributed by atoms with E-state index in [2.05, 4.69) is 22.2 Å². The van der Waals surface area contributed by atoms with Crippen LogP contribution in [0.15, 0.2) is 41.3 Å². The molecule has 3 rings (SSSR count). The van der Waals surface area contributed by atoms with E-state index in [9.17, 15) is 13.2 Å². The van der Waals surface area contributed by atoms with Crippen LogP contribution >= 0.6 is 0 Å². The smallest absolute Gasteiger partial charge is 0.240 e. The summed E-state index contributed by atoms with van der Waals surface area (Å²) in [4.78, 5) is 12.6. The second-order valence-corrected chi connectivity index (χ2v) is 8.07. The Hall–Kier alpha value is -1.66. The minimum atomic E-state index is -3.46. The minimum Gasteiger partial charge on any atom is -0.326 e. The minimum absolute atomic E-state index is 0.0292. The number of carbonyl (C=O) groups is 1. The van der Waals surface area contributed by atoms with Gasteiger partial charge in [0.05, 0.1) is 4.90 Å². The molecule has 2 bridgehead atoms. The van der Waals surface area contributed by atoms with Crippen molar-refractivity contribution >= 4 is 21.6 Å². The van der Waals surface area contributed by atoms with Crippen molar-refractivity contribution in [3.05, 3.63) is 36.4 Å². The number of nitrogens with one attached hydrogen (secondary N) is 2. The normalized spacial score (nSPS) is 25.7. The summed E-state index contributed by atoms with van der Waals surface area (Å²) in [5.41, 5.74) is 0.635. The third kappa shape index (κ3) is 3.48. The summed E-state index contributed by atoms with van der Waals surface area (Å²) in [6, 6.07) is 6.32. The second kappa shape index (κ2) is 6.45. The molecular weight excluding hydrogens is 312 g/mol. The van der Waals surface area contributed by atoms with Gasteiger partial charge in [0.15, 0.2) is 0 Å². The van der Waals surface area contributed by atoms with Crippen molar-refractivity contribution in [2.75, 3.05) is 11.9 Å². The van der Waals surface area contributed by atoms with E-state index in [4.69, 9.17) is 0 Å². The van der Waals surface area contributed by atoms with Gasteiger partial charge in [-0.2, -0.15) is 0 Å². The summed E-state index contributed by atoms with van der Waals surface area (Å²) in [7, 11) is -3.46. The third-order valence-electron chi connectivity index (χ3n) is 4.59. The van der Waals surface area contributed by atoms with E-state index in [0.717, 1.165) is 19.3 Å². The van der Waals surface area contributed by atoms with Crippen molar-refractivity contribution in [1.82, 2.24) is 4.72 Å². The first-order valence-electron chi connectivity index (χ1n) is 8.08. The summed E-state index contributed by atoms with van der Waals surface area (Å²) in [6.45, 7) is 2.32. The van der Waals surface area contributed by atoms with Crippen molar-refractivity contribution in [2.45, 2.75) is 31.1 Å². The lowest BCUT2D eigenvalue weighted by molar-refractivity contribution is -0.120. The first-order chi connectivity index (χ1) is 11.0. The highest BCUT2D eigenvalue weighted by Gasteiger charge is 2.39. The Kier molecular flexibility index (Phi) is 4.55. The highest BCUT2D eigenvalue weighted by Crippen LogP contribution is 2.43. The van der Waals surface area contributed by atoms with Crippen LogP contribution in [0.3, 0.4) is 0 Å². The molecule has 1 amide bonds. The molecule has 1 fully saturated rings. The van der Waals surface area contributed by atoms with E-state index < -0.39 is 10.0 Å². The summed E-state index contributed by atoms with van der Waals surface area (Å²) in [5.74, 6) is 0.979. The van der Waals surface area contributed by atoms with Crippen molar-refractivity contribution in [2.24, 2.45) is 17.8 Å². The molecule has 23 heavy (non-hydrogen) atoms. The standard InChI is InChI=1S/C17H22N2O3S/c1-2-9-18-23(21,22)15-7-5-14(6-8-15)19-17(20)16-11-12-3-4-13(16)10-12/h3-8,12-13,16,18H,2,9-11H2,1H3,(H,19,20)/t12-,13+,16+/m0/s1. The number of hydrogen-bond acceptors (Lipinski definition) is 3. The van der Waals surface area contributed by atoms with Crippen LogP contribution in [0.4, 0.5) is 5.69 Å². The van der Waals surface area contributed by atoms with E-state index in [0.29, 0.717) is 24.1 Å². The number of benzene rings is 1. The first kappa shape index (κ1) is 16.2. The van der Waals surface area contributed by atoms with Gasteiger partial charge in [0.1, 0.15) is 0 Å². The van der Waals surface area contributed by atoms with Gasteiger partial charge in [-0.3, -0.25) is 4.79 Å². The molecule has 1 saturated carbocycles. The Labute approximate surface area is 137 Å². The number of rotatable bonds is 6. The molecule has 6 heteroatoms. The van der Waals surface area contributed by atoms with Gasteiger partial charge in [-0.15, -0.1) is 0 Å². The molecule has 0 spiro atoms. The molecule has 124 valence electrons. The van der Waals surface area contributed by atoms with Crippen LogP contribution in [-0.4, -0.2) is 20.9 Å². The zero-order valence-corrected chi connectivity index (χ0v) is 14.0. The van der Waals surface area contributed by atoms with Crippen molar-refractivity contribution in [1.29, 1.82) is 0 Å². The molecule has 0 radical (unpaired) electrons. The summed E-state index contributed by atoms with van der Waals surface area (Å²) in [6.07, 6.45) is 7.09. The third-order valence-corrected chi connectivity index (χ3v) is 6.07. The van der Waals surface area contributed by atoms with Gasteiger partial charge in [0.2, 0.25) is 15.9 Å². The molecule has 0 heterocycles. The predicted molar refractivity (Wildman–Crippen MR) is 89.4 cm³/mol. The second-order valence-electron chi connectivity index (χ2n) is 6.30. The maximum Gasteiger partial charge on any atom is 0.240 e. The molecular formula is C17H22N2O3S. The zero-order chi connectivity index (χ0) is 16.4. The molecule has 1 aromatic rings. The maximum absolute atomic E-state index is 12.4. The van der Waals surface area contributed by atoms with E-state index in [1.54, 1.807) is 12.1 Å². The van der Waals surface area contributed by atoms with Crippen molar-refractivity contribution in [3.8, 4) is 0 Å². The monoisotopic (exact) mass is 334 g/mol. The van der Waals surface area contributed by atoms with Crippen LogP contribution in [-0.2, 0) is 14.8 Å². The Balaban J connectivity index is 1.64. The van der Waals surface area contributed by atoms with Gasteiger partial charge in [-0.05, 0) is 55.4 Å². The van der Waals surface area contributed by atoms with Crippen LogP contribution in [0.25, 0.3) is 0 Å². The Bertz CT molecular complexity index is 710. The summed E-state index contributed by atoms with van der Waals surface area (Å²) >= 11 is 0. The lowest BCUT2D eigenvalue weighted by atomic mass is 9.93. The van der Waals surface area contributed by atoms with Crippen LogP contribution in [0.1, 0.15) is 26.2 Å². The molecule has 5 nitrogen and oxygen atoms in total. The van der Waals surface area contributed by atoms with Gasteiger partial charge >= 0.3 is 0 Å². The Morgan fingerprint density at radius 2 is 1.91 bits per heavy atom. The lowest BCUT2D eigenvalue weighted by Crippen LogP contribution is -2.26. The first-order valence-corrected chi connectivity index (χ1v) is 9.57. The Morgan fingerprint density at radius 3 is 2.48 bits per heavy atom. The van der Waals surface area contributed by atoms with E-state index in [1.807, 2.05) is 6.92 Å². The van der Waals surface area contributed by atoms with Crippen molar-refractivity contribution in [3.63, 3.8) is 0 Å². The maximum atomic E-state index is 12.4. The van der Waals surface area contributed by atoms with Crippen molar-refractivity contribution < 1.29 is 13.2 Å². The summed E-state index contributed by atoms with van der Waals surface area (Å²) < 4.78 is 26.6. The fraction of sp³-hybridized carbons (Fsp3) is 0.471. The predicted octanol–water partition coefficient (Wildman–Crippen LogP) is 2.53. The number of hydrogen-bond donors (Lipinski definition) is 2. The molecule has 1 aromatic carbocycles. The topological polar surface area (TPSA) is 75.3 Å². The number of sulfonamides is 1. The van der Waals surface area contributed by atoms with Gasteiger partial charge in [0.25, 0.3) is 0 Å².